The lowest BCUT2D eigenvalue weighted by atomic mass is 9.71. The summed E-state index contributed by atoms with van der Waals surface area (Å²) in [4.78, 5) is 26.8. The molecule has 1 aliphatic heterocycles. The predicted molar refractivity (Wildman–Crippen MR) is 164 cm³/mol. The number of benzene rings is 2. The summed E-state index contributed by atoms with van der Waals surface area (Å²) in [6, 6.07) is 13.9. The first-order chi connectivity index (χ1) is 19.8. The third-order valence-corrected chi connectivity index (χ3v) is 9.53. The van der Waals surface area contributed by atoms with Gasteiger partial charge in [0.25, 0.3) is 0 Å². The van der Waals surface area contributed by atoms with Crippen LogP contribution in [0.2, 0.25) is 5.02 Å². The largest absolute Gasteiger partial charge is 0.465 e. The van der Waals surface area contributed by atoms with E-state index < -0.39 is 11.7 Å². The molecule has 1 saturated heterocycles. The van der Waals surface area contributed by atoms with Crippen molar-refractivity contribution in [2.24, 2.45) is 17.8 Å². The number of carbonyl (C=O) groups is 2. The first-order valence-corrected chi connectivity index (χ1v) is 15.7. The number of carbonyl (C=O) groups excluding carboxylic acids is 1. The first-order valence-electron chi connectivity index (χ1n) is 15.3. The third-order valence-electron chi connectivity index (χ3n) is 9.21. The van der Waals surface area contributed by atoms with Gasteiger partial charge in [0, 0.05) is 42.1 Å². The van der Waals surface area contributed by atoms with E-state index in [1.807, 2.05) is 42.3 Å². The van der Waals surface area contributed by atoms with E-state index in [9.17, 15) is 14.7 Å². The molecule has 2 amide bonds. The molecule has 4 N–H and O–H groups in total. The van der Waals surface area contributed by atoms with E-state index in [2.05, 4.69) is 29.7 Å². The fourth-order valence-corrected chi connectivity index (χ4v) is 7.25. The maximum Gasteiger partial charge on any atom is 0.404 e. The van der Waals surface area contributed by atoms with Crippen LogP contribution in [0.5, 0.6) is 0 Å². The molecule has 0 spiro atoms. The van der Waals surface area contributed by atoms with Crippen molar-refractivity contribution in [1.29, 1.82) is 0 Å². The topological polar surface area (TPSA) is 102 Å². The maximum atomic E-state index is 13.7. The normalized spacial score (nSPS) is 22.6. The summed E-state index contributed by atoms with van der Waals surface area (Å²) >= 11 is 6.85. The van der Waals surface area contributed by atoms with Crippen LogP contribution in [0.15, 0.2) is 42.5 Å². The molecule has 8 heteroatoms. The van der Waals surface area contributed by atoms with E-state index in [1.54, 1.807) is 0 Å². The number of likely N-dealkylation sites (tertiary alicyclic amines) is 1. The molecular weight excluding hydrogens is 538 g/mol. The van der Waals surface area contributed by atoms with Gasteiger partial charge < -0.3 is 25.7 Å². The average Bonchev–Trinajstić information content (AvgIpc) is 2.99. The SMILES string of the molecule is CCc1cccc(-c2c(Cl)cccc2C(O)(CCCNC(=O)O)C2CCCN(C(=O)[C@H]3CC[C@H](CNC)CC3)C2)c1. The van der Waals surface area contributed by atoms with Crippen LogP contribution in [0.3, 0.4) is 0 Å². The molecule has 2 aliphatic rings. The highest BCUT2D eigenvalue weighted by molar-refractivity contribution is 6.33. The Balaban J connectivity index is 1.63. The van der Waals surface area contributed by atoms with Gasteiger partial charge in [0.15, 0.2) is 0 Å². The van der Waals surface area contributed by atoms with Crippen LogP contribution in [0, 0.1) is 17.8 Å². The molecule has 1 aliphatic carbocycles. The average molecular weight is 584 g/mol. The van der Waals surface area contributed by atoms with Gasteiger partial charge in [-0.25, -0.2) is 4.79 Å². The lowest BCUT2D eigenvalue weighted by molar-refractivity contribution is -0.142. The van der Waals surface area contributed by atoms with Gasteiger partial charge in [-0.15, -0.1) is 0 Å². The fraction of sp³-hybridized carbons (Fsp3) is 0.576. The second-order valence-electron chi connectivity index (χ2n) is 11.9. The summed E-state index contributed by atoms with van der Waals surface area (Å²) in [5.74, 6) is 0.704. The standard InChI is InChI=1S/C33H46ClN3O4/c1-3-23-8-4-9-26(20-23)30-28(11-5-12-29(30)34)33(41,17-7-18-36-32(39)40)27-10-6-19-37(22-27)31(38)25-15-13-24(14-16-25)21-35-2/h4-5,8-9,11-12,20,24-25,27,35-36,41H,3,6-7,10,13-19,21-22H2,1-2H3,(H,39,40)/t24-,25-,27?,33?. The van der Waals surface area contributed by atoms with Gasteiger partial charge in [-0.2, -0.15) is 0 Å². The van der Waals surface area contributed by atoms with Crippen LogP contribution in [0.4, 0.5) is 4.79 Å². The van der Waals surface area contributed by atoms with Crippen molar-refractivity contribution in [1.82, 2.24) is 15.5 Å². The maximum absolute atomic E-state index is 13.7. The summed E-state index contributed by atoms with van der Waals surface area (Å²) in [7, 11) is 1.98. The quantitative estimate of drug-likeness (QED) is 0.241. The lowest BCUT2D eigenvalue weighted by Gasteiger charge is -2.44. The number of rotatable bonds is 11. The van der Waals surface area contributed by atoms with Gasteiger partial charge in [-0.05, 0) is 100 Å². The van der Waals surface area contributed by atoms with Crippen molar-refractivity contribution in [2.45, 2.75) is 70.3 Å². The van der Waals surface area contributed by atoms with Gasteiger partial charge in [-0.3, -0.25) is 4.79 Å². The summed E-state index contributed by atoms with van der Waals surface area (Å²) in [5, 5.41) is 28.1. The van der Waals surface area contributed by atoms with Crippen LogP contribution < -0.4 is 10.6 Å². The number of halogens is 1. The fourth-order valence-electron chi connectivity index (χ4n) is 6.96. The second-order valence-corrected chi connectivity index (χ2v) is 12.3. The zero-order valence-corrected chi connectivity index (χ0v) is 25.3. The van der Waals surface area contributed by atoms with E-state index in [-0.39, 0.29) is 24.3 Å². The molecule has 7 nitrogen and oxygen atoms in total. The molecule has 1 heterocycles. The summed E-state index contributed by atoms with van der Waals surface area (Å²) < 4.78 is 0. The highest BCUT2D eigenvalue weighted by Gasteiger charge is 2.43. The second kappa shape index (κ2) is 14.5. The Hall–Kier alpha value is -2.61. The van der Waals surface area contributed by atoms with Gasteiger partial charge in [0.2, 0.25) is 5.91 Å². The number of hydrogen-bond donors (Lipinski definition) is 4. The van der Waals surface area contributed by atoms with Crippen LogP contribution in [-0.4, -0.2) is 60.3 Å². The number of aryl methyl sites for hydroxylation is 1. The molecule has 4 rings (SSSR count). The van der Waals surface area contributed by atoms with E-state index in [0.29, 0.717) is 36.9 Å². The molecule has 0 radical (unpaired) electrons. The van der Waals surface area contributed by atoms with Crippen molar-refractivity contribution >= 4 is 23.6 Å². The van der Waals surface area contributed by atoms with Crippen molar-refractivity contribution in [3.8, 4) is 11.1 Å². The smallest absolute Gasteiger partial charge is 0.404 e. The number of hydrogen-bond acceptors (Lipinski definition) is 4. The lowest BCUT2D eigenvalue weighted by Crippen LogP contribution is -2.50. The summed E-state index contributed by atoms with van der Waals surface area (Å²) in [6.45, 7) is 4.55. The zero-order valence-electron chi connectivity index (χ0n) is 24.5. The number of piperidine rings is 1. The number of carboxylic acid groups (broad SMARTS) is 1. The molecule has 2 fully saturated rings. The Morgan fingerprint density at radius 2 is 1.85 bits per heavy atom. The Labute approximate surface area is 249 Å². The Morgan fingerprint density at radius 3 is 2.56 bits per heavy atom. The Kier molecular flexibility index (Phi) is 11.1. The zero-order chi connectivity index (χ0) is 29.4. The van der Waals surface area contributed by atoms with E-state index in [0.717, 1.165) is 68.2 Å². The van der Waals surface area contributed by atoms with Gasteiger partial charge in [0.1, 0.15) is 0 Å². The molecule has 2 aromatic carbocycles. The molecule has 1 saturated carbocycles. The Bertz CT molecular complexity index is 1180. The minimum absolute atomic E-state index is 0.0493. The highest BCUT2D eigenvalue weighted by Crippen LogP contribution is 2.46. The number of nitrogens with zero attached hydrogens (tertiary/aromatic N) is 1. The molecule has 224 valence electrons. The summed E-state index contributed by atoms with van der Waals surface area (Å²) in [5.41, 5.74) is 2.41. The number of aliphatic hydroxyl groups is 1. The monoisotopic (exact) mass is 583 g/mol. The molecule has 0 aromatic heterocycles. The molecule has 2 unspecified atom stereocenters. The van der Waals surface area contributed by atoms with Crippen LogP contribution in [0.1, 0.15) is 69.4 Å². The molecule has 0 bridgehead atoms. The third kappa shape index (κ3) is 7.62. The number of nitrogens with one attached hydrogen (secondary N) is 2. The molecule has 41 heavy (non-hydrogen) atoms. The predicted octanol–water partition coefficient (Wildman–Crippen LogP) is 6.07. The van der Waals surface area contributed by atoms with Gasteiger partial charge in [0.05, 0.1) is 5.60 Å². The van der Waals surface area contributed by atoms with Crippen molar-refractivity contribution < 1.29 is 19.8 Å². The van der Waals surface area contributed by atoms with Crippen LogP contribution in [0.25, 0.3) is 11.1 Å². The minimum Gasteiger partial charge on any atom is -0.465 e. The van der Waals surface area contributed by atoms with Crippen molar-refractivity contribution in [3.05, 3.63) is 58.6 Å². The van der Waals surface area contributed by atoms with E-state index >= 15 is 0 Å². The van der Waals surface area contributed by atoms with Crippen LogP contribution >= 0.6 is 11.6 Å². The van der Waals surface area contributed by atoms with Gasteiger partial charge in [-0.1, -0.05) is 54.9 Å². The highest BCUT2D eigenvalue weighted by atomic mass is 35.5. The van der Waals surface area contributed by atoms with Crippen molar-refractivity contribution in [2.75, 3.05) is 33.2 Å². The van der Waals surface area contributed by atoms with Crippen LogP contribution in [-0.2, 0) is 16.8 Å². The number of amides is 2. The van der Waals surface area contributed by atoms with Gasteiger partial charge >= 0.3 is 6.09 Å². The minimum atomic E-state index is -1.29. The molecule has 2 atom stereocenters. The Morgan fingerprint density at radius 1 is 1.10 bits per heavy atom. The van der Waals surface area contributed by atoms with E-state index in [4.69, 9.17) is 16.7 Å². The molecular formula is C33H46ClN3O4. The molecule has 2 aromatic rings. The first kappa shape index (κ1) is 31.3. The van der Waals surface area contributed by atoms with E-state index in [1.165, 1.54) is 5.56 Å². The summed E-state index contributed by atoms with van der Waals surface area (Å²) in [6.07, 6.45) is 6.20. The van der Waals surface area contributed by atoms with Crippen molar-refractivity contribution in [3.63, 3.8) is 0 Å².